The molecule has 0 bridgehead atoms. The molecule has 0 amide bonds. The molecule has 24 heavy (non-hydrogen) atoms. The van der Waals surface area contributed by atoms with Crippen LogP contribution < -0.4 is 0 Å². The minimum atomic E-state index is 0. The van der Waals surface area contributed by atoms with Crippen LogP contribution in [0, 0.1) is 48.9 Å². The van der Waals surface area contributed by atoms with Gasteiger partial charge in [0.05, 0.1) is 0 Å². The lowest BCUT2D eigenvalue weighted by Gasteiger charge is -2.47. The predicted octanol–water partition coefficient (Wildman–Crippen LogP) is 5.66. The van der Waals surface area contributed by atoms with Crippen molar-refractivity contribution in [3.63, 3.8) is 0 Å². The molecule has 1 aromatic carbocycles. The minimum absolute atomic E-state index is 0. The summed E-state index contributed by atoms with van der Waals surface area (Å²) < 4.78 is 0. The molecule has 1 saturated carbocycles. The van der Waals surface area contributed by atoms with Crippen LogP contribution in [0.15, 0.2) is 24.3 Å². The lowest BCUT2D eigenvalue weighted by atomic mass is 9.57. The normalized spacial score (nSPS) is 29.0. The maximum Gasteiger partial charge on any atom is 0.0309 e. The summed E-state index contributed by atoms with van der Waals surface area (Å²) in [6, 6.07) is 8.49. The summed E-state index contributed by atoms with van der Waals surface area (Å²) in [6.07, 6.45) is 10.2. The van der Waals surface area contributed by atoms with Gasteiger partial charge in [-0.15, -0.1) is 6.42 Å². The Balaban J connectivity index is 0.000000460. The van der Waals surface area contributed by atoms with Crippen molar-refractivity contribution in [1.29, 1.82) is 0 Å². The molecule has 1 aromatic rings. The lowest BCUT2D eigenvalue weighted by Crippen LogP contribution is -2.39. The third-order valence-corrected chi connectivity index (χ3v) is 6.14. The van der Waals surface area contributed by atoms with Crippen LogP contribution in [0.1, 0.15) is 65.0 Å². The van der Waals surface area contributed by atoms with Gasteiger partial charge in [-0.3, -0.25) is 0 Å². The van der Waals surface area contributed by atoms with Crippen LogP contribution >= 0.6 is 0 Å². The second kappa shape index (κ2) is 9.28. The van der Waals surface area contributed by atoms with E-state index in [9.17, 15) is 0 Å². The van der Waals surface area contributed by atoms with Crippen LogP contribution in [0.2, 0.25) is 0 Å². The van der Waals surface area contributed by atoms with Crippen LogP contribution in [-0.2, 0) is 6.42 Å². The second-order valence-electron chi connectivity index (χ2n) is 7.96. The van der Waals surface area contributed by atoms with Crippen molar-refractivity contribution in [3.8, 4) is 12.3 Å². The van der Waals surface area contributed by atoms with E-state index in [0.29, 0.717) is 11.8 Å². The van der Waals surface area contributed by atoms with E-state index < -0.39 is 0 Å². The molecule has 135 valence electrons. The zero-order valence-corrected chi connectivity index (χ0v) is 16.6. The van der Waals surface area contributed by atoms with E-state index in [-0.39, 0.29) is 16.3 Å². The summed E-state index contributed by atoms with van der Waals surface area (Å²) in [5.74, 6) is 4.24. The highest BCUT2D eigenvalue weighted by Gasteiger charge is 2.42. The van der Waals surface area contributed by atoms with Crippen molar-refractivity contribution in [3.05, 3.63) is 42.3 Å². The van der Waals surface area contributed by atoms with E-state index in [1.165, 1.54) is 24.0 Å². The average Bonchev–Trinajstić information content (AvgIpc) is 2.52. The summed E-state index contributed by atoms with van der Waals surface area (Å²) in [6.45, 7) is 17.8. The van der Waals surface area contributed by atoms with Crippen molar-refractivity contribution in [2.75, 3.05) is 0 Å². The molecule has 1 aliphatic carbocycles. The molecule has 1 fully saturated rings. The van der Waals surface area contributed by atoms with E-state index in [1.54, 1.807) is 0 Å². The summed E-state index contributed by atoms with van der Waals surface area (Å²) in [7, 11) is 0. The lowest BCUT2D eigenvalue weighted by molar-refractivity contribution is 0.0662. The number of aryl methyl sites for hydroxylation is 2. The van der Waals surface area contributed by atoms with E-state index in [1.807, 2.05) is 0 Å². The molecule has 0 aliphatic heterocycles. The first-order valence-electron chi connectivity index (χ1n) is 9.06. The SMILES string of the molecule is C#C[C@@]1(C)CCC([CH2])(C(C)C)C[C@@H]1C.CCc1ccccc1C.O. The molecule has 0 spiro atoms. The highest BCUT2D eigenvalue weighted by molar-refractivity contribution is 5.25. The average molecular weight is 330 g/mol. The fourth-order valence-electron chi connectivity index (χ4n) is 3.44. The monoisotopic (exact) mass is 329 g/mol. The van der Waals surface area contributed by atoms with Crippen molar-refractivity contribution in [1.82, 2.24) is 0 Å². The quantitative estimate of drug-likeness (QED) is 0.627. The third-order valence-electron chi connectivity index (χ3n) is 6.14. The van der Waals surface area contributed by atoms with Gasteiger partial charge in [-0.05, 0) is 74.8 Å². The van der Waals surface area contributed by atoms with Gasteiger partial charge in [0.25, 0.3) is 0 Å². The standard InChI is InChI=1S/C14H23.C9H12.H2O/c1-7-13(5)8-9-14(6,11(2)3)10-12(13)4;1-3-9-7-5-4-6-8(9)2;/h1,11-12H,6,8-10H2,2-5H3;4-7H,3H2,1-2H3;1H2/t12-,13-,14?;;/m0../s1. The zero-order chi connectivity index (χ0) is 17.7. The number of benzene rings is 1. The van der Waals surface area contributed by atoms with Gasteiger partial charge >= 0.3 is 0 Å². The number of hydrogen-bond acceptors (Lipinski definition) is 0. The van der Waals surface area contributed by atoms with Gasteiger partial charge in [-0.2, -0.15) is 0 Å². The Morgan fingerprint density at radius 3 is 2.25 bits per heavy atom. The Kier molecular flexibility index (Phi) is 8.80. The number of rotatable bonds is 2. The summed E-state index contributed by atoms with van der Waals surface area (Å²) in [5, 5.41) is 0. The fraction of sp³-hybridized carbons (Fsp3) is 0.609. The summed E-state index contributed by atoms with van der Waals surface area (Å²) in [5.41, 5.74) is 3.23. The highest BCUT2D eigenvalue weighted by atomic mass is 16.0. The molecule has 1 heteroatoms. The maximum atomic E-state index is 5.62. The van der Waals surface area contributed by atoms with E-state index in [4.69, 9.17) is 6.42 Å². The molecule has 0 heterocycles. The van der Waals surface area contributed by atoms with Crippen molar-refractivity contribution in [2.45, 2.75) is 67.2 Å². The Morgan fingerprint density at radius 2 is 1.88 bits per heavy atom. The molecule has 3 atom stereocenters. The first-order chi connectivity index (χ1) is 10.7. The van der Waals surface area contributed by atoms with E-state index in [2.05, 4.69) is 78.7 Å². The van der Waals surface area contributed by atoms with Crippen molar-refractivity contribution in [2.24, 2.45) is 22.7 Å². The zero-order valence-electron chi connectivity index (χ0n) is 16.6. The first kappa shape index (κ1) is 22.7. The molecular weight excluding hydrogens is 292 g/mol. The molecule has 2 rings (SSSR count). The molecule has 0 aromatic heterocycles. The van der Waals surface area contributed by atoms with Gasteiger partial charge in [0.1, 0.15) is 0 Å². The van der Waals surface area contributed by atoms with Crippen molar-refractivity contribution < 1.29 is 5.48 Å². The van der Waals surface area contributed by atoms with E-state index in [0.717, 1.165) is 12.8 Å². The summed E-state index contributed by atoms with van der Waals surface area (Å²) in [4.78, 5) is 0. The Hall–Kier alpha value is -1.26. The van der Waals surface area contributed by atoms with Crippen LogP contribution in [0.4, 0.5) is 0 Å². The molecule has 1 unspecified atom stereocenters. The molecule has 1 aliphatic rings. The molecule has 0 saturated heterocycles. The molecule has 1 nitrogen and oxygen atoms in total. The Labute approximate surface area is 150 Å². The molecular formula is C23H37O. The maximum absolute atomic E-state index is 5.62. The van der Waals surface area contributed by atoms with Gasteiger partial charge in [-0.25, -0.2) is 0 Å². The highest BCUT2D eigenvalue weighted by Crippen LogP contribution is 2.51. The van der Waals surface area contributed by atoms with E-state index >= 15 is 0 Å². The van der Waals surface area contributed by atoms with Crippen LogP contribution in [-0.4, -0.2) is 5.48 Å². The molecule has 2 N–H and O–H groups in total. The minimum Gasteiger partial charge on any atom is -0.412 e. The van der Waals surface area contributed by atoms with Gasteiger partial charge in [0.15, 0.2) is 0 Å². The Morgan fingerprint density at radius 1 is 1.29 bits per heavy atom. The second-order valence-corrected chi connectivity index (χ2v) is 7.96. The van der Waals surface area contributed by atoms with Gasteiger partial charge in [0, 0.05) is 5.41 Å². The number of hydrogen-bond donors (Lipinski definition) is 0. The topological polar surface area (TPSA) is 31.5 Å². The van der Waals surface area contributed by atoms with Crippen LogP contribution in [0.25, 0.3) is 0 Å². The molecule has 1 radical (unpaired) electrons. The van der Waals surface area contributed by atoms with Crippen LogP contribution in [0.3, 0.4) is 0 Å². The van der Waals surface area contributed by atoms with Gasteiger partial charge in [-0.1, -0.05) is 57.9 Å². The van der Waals surface area contributed by atoms with Gasteiger partial charge in [0.2, 0.25) is 0 Å². The smallest absolute Gasteiger partial charge is 0.0309 e. The number of terminal acetylenes is 1. The van der Waals surface area contributed by atoms with Gasteiger partial charge < -0.3 is 5.48 Å². The third kappa shape index (κ3) is 5.38. The predicted molar refractivity (Wildman–Crippen MR) is 107 cm³/mol. The largest absolute Gasteiger partial charge is 0.412 e. The van der Waals surface area contributed by atoms with Crippen LogP contribution in [0.5, 0.6) is 0 Å². The fourth-order valence-corrected chi connectivity index (χ4v) is 3.44. The van der Waals surface area contributed by atoms with Crippen molar-refractivity contribution >= 4 is 0 Å². The summed E-state index contributed by atoms with van der Waals surface area (Å²) >= 11 is 0. The first-order valence-corrected chi connectivity index (χ1v) is 9.06. The Bertz CT molecular complexity index is 539.